The molecule has 0 radical (unpaired) electrons. The van der Waals surface area contributed by atoms with Crippen LogP contribution >= 0.6 is 0 Å². The summed E-state index contributed by atoms with van der Waals surface area (Å²) >= 11 is 0. The van der Waals surface area contributed by atoms with Crippen LogP contribution in [0.2, 0.25) is 0 Å². The summed E-state index contributed by atoms with van der Waals surface area (Å²) in [5.74, 6) is 0.787. The third-order valence-electron chi connectivity index (χ3n) is 2.49. The normalized spacial score (nSPS) is 11.0. The second-order valence-corrected chi connectivity index (χ2v) is 4.22. The molecule has 0 aromatic rings. The molecule has 0 fully saturated rings. The van der Waals surface area contributed by atoms with Crippen LogP contribution in [0.3, 0.4) is 0 Å². The summed E-state index contributed by atoms with van der Waals surface area (Å²) < 4.78 is 5.20. The highest BCUT2D eigenvalue weighted by molar-refractivity contribution is 5.72. The van der Waals surface area contributed by atoms with Crippen LogP contribution in [0, 0.1) is 11.8 Å². The third kappa shape index (κ3) is 6.01. The zero-order valence-electron chi connectivity index (χ0n) is 10.0. The Kier molecular flexibility index (Phi) is 7.54. The molecule has 0 aliphatic rings. The van der Waals surface area contributed by atoms with Gasteiger partial charge in [-0.05, 0) is 31.6 Å². The van der Waals surface area contributed by atoms with Crippen molar-refractivity contribution in [3.63, 3.8) is 0 Å². The Morgan fingerprint density at radius 1 is 1.21 bits per heavy atom. The molecule has 0 N–H and O–H groups in total. The summed E-state index contributed by atoms with van der Waals surface area (Å²) in [6.45, 7) is 9.02. The van der Waals surface area contributed by atoms with E-state index >= 15 is 0 Å². The molecule has 2 heteroatoms. The van der Waals surface area contributed by atoms with Crippen LogP contribution in [0.15, 0.2) is 0 Å². The molecule has 0 saturated carbocycles. The first kappa shape index (κ1) is 13.5. The molecule has 0 aliphatic carbocycles. The lowest BCUT2D eigenvalue weighted by atomic mass is 10.0. The van der Waals surface area contributed by atoms with E-state index < -0.39 is 0 Å². The van der Waals surface area contributed by atoms with E-state index in [1.54, 1.807) is 0 Å². The summed E-state index contributed by atoms with van der Waals surface area (Å²) in [5, 5.41) is 0. The van der Waals surface area contributed by atoms with Crippen molar-refractivity contribution in [1.82, 2.24) is 0 Å². The van der Waals surface area contributed by atoms with Crippen LogP contribution in [0.5, 0.6) is 0 Å². The van der Waals surface area contributed by atoms with E-state index in [0.717, 1.165) is 25.7 Å². The average Bonchev–Trinajstić information content (AvgIpc) is 2.14. The van der Waals surface area contributed by atoms with E-state index in [9.17, 15) is 4.79 Å². The Morgan fingerprint density at radius 3 is 2.21 bits per heavy atom. The lowest BCUT2D eigenvalue weighted by molar-refractivity contribution is -0.148. The monoisotopic (exact) mass is 200 g/mol. The maximum absolute atomic E-state index is 11.4. The predicted octanol–water partition coefficient (Wildman–Crippen LogP) is 3.40. The smallest absolute Gasteiger partial charge is 0.308 e. The number of carbonyl (C=O) groups is 1. The molecule has 84 valence electrons. The number of ether oxygens (including phenoxy) is 1. The molecule has 0 saturated heterocycles. The van der Waals surface area contributed by atoms with Gasteiger partial charge in [-0.25, -0.2) is 0 Å². The molecule has 0 heterocycles. The molecular weight excluding hydrogens is 176 g/mol. The maximum Gasteiger partial charge on any atom is 0.308 e. The van der Waals surface area contributed by atoms with Crippen LogP contribution in [0.25, 0.3) is 0 Å². The Hall–Kier alpha value is -0.530. The second-order valence-electron chi connectivity index (χ2n) is 4.22. The van der Waals surface area contributed by atoms with Gasteiger partial charge in [0.2, 0.25) is 0 Å². The molecule has 0 bridgehead atoms. The number of carbonyl (C=O) groups excluding carboxylic acids is 1. The van der Waals surface area contributed by atoms with Gasteiger partial charge in [0.1, 0.15) is 0 Å². The van der Waals surface area contributed by atoms with Crippen LogP contribution in [-0.2, 0) is 9.53 Å². The molecule has 0 rings (SSSR count). The van der Waals surface area contributed by atoms with Crippen molar-refractivity contribution >= 4 is 5.97 Å². The Labute approximate surface area is 88.0 Å². The van der Waals surface area contributed by atoms with Gasteiger partial charge < -0.3 is 4.74 Å². The molecule has 0 spiro atoms. The number of rotatable bonds is 7. The SMILES string of the molecule is CCC(CC)C(=O)OCCCC(C)C. The van der Waals surface area contributed by atoms with Gasteiger partial charge in [0, 0.05) is 0 Å². The molecule has 0 aliphatic heterocycles. The summed E-state index contributed by atoms with van der Waals surface area (Å²) in [6.07, 6.45) is 3.90. The molecule has 0 amide bonds. The van der Waals surface area contributed by atoms with Crippen molar-refractivity contribution in [1.29, 1.82) is 0 Å². The molecule has 0 aromatic carbocycles. The fourth-order valence-corrected chi connectivity index (χ4v) is 1.40. The zero-order chi connectivity index (χ0) is 11.0. The molecule has 14 heavy (non-hydrogen) atoms. The Balaban J connectivity index is 3.52. The van der Waals surface area contributed by atoms with Crippen LogP contribution in [0.4, 0.5) is 0 Å². The lowest BCUT2D eigenvalue weighted by Crippen LogP contribution is -2.17. The first-order valence-corrected chi connectivity index (χ1v) is 5.78. The minimum atomic E-state index is -0.0150. The van der Waals surface area contributed by atoms with Crippen molar-refractivity contribution in [3.05, 3.63) is 0 Å². The van der Waals surface area contributed by atoms with Gasteiger partial charge in [0.15, 0.2) is 0 Å². The largest absolute Gasteiger partial charge is 0.465 e. The maximum atomic E-state index is 11.4. The fraction of sp³-hybridized carbons (Fsp3) is 0.917. The van der Waals surface area contributed by atoms with E-state index in [2.05, 4.69) is 13.8 Å². The minimum absolute atomic E-state index is 0.0150. The van der Waals surface area contributed by atoms with Crippen molar-refractivity contribution < 1.29 is 9.53 Å². The molecule has 0 aromatic heterocycles. The second kappa shape index (κ2) is 7.84. The minimum Gasteiger partial charge on any atom is -0.465 e. The summed E-state index contributed by atoms with van der Waals surface area (Å²) in [6, 6.07) is 0. The van der Waals surface area contributed by atoms with E-state index in [-0.39, 0.29) is 11.9 Å². The molecule has 0 unspecified atom stereocenters. The van der Waals surface area contributed by atoms with Crippen LogP contribution in [-0.4, -0.2) is 12.6 Å². The van der Waals surface area contributed by atoms with Gasteiger partial charge in [-0.1, -0.05) is 27.7 Å². The number of esters is 1. The van der Waals surface area contributed by atoms with E-state index in [4.69, 9.17) is 4.74 Å². The number of hydrogen-bond acceptors (Lipinski definition) is 2. The molecular formula is C12H24O2. The molecule has 2 nitrogen and oxygen atoms in total. The highest BCUT2D eigenvalue weighted by Gasteiger charge is 2.14. The Morgan fingerprint density at radius 2 is 1.79 bits per heavy atom. The summed E-state index contributed by atoms with van der Waals surface area (Å²) in [4.78, 5) is 11.4. The summed E-state index contributed by atoms with van der Waals surface area (Å²) in [5.41, 5.74) is 0. The standard InChI is InChI=1S/C12H24O2/c1-5-11(6-2)12(13)14-9-7-8-10(3)4/h10-11H,5-9H2,1-4H3. The van der Waals surface area contributed by atoms with Crippen LogP contribution < -0.4 is 0 Å². The fourth-order valence-electron chi connectivity index (χ4n) is 1.40. The first-order valence-electron chi connectivity index (χ1n) is 5.78. The molecule has 0 atom stereocenters. The first-order chi connectivity index (χ1) is 6.61. The summed E-state index contributed by atoms with van der Waals surface area (Å²) in [7, 11) is 0. The zero-order valence-corrected chi connectivity index (χ0v) is 10.0. The predicted molar refractivity (Wildman–Crippen MR) is 59.1 cm³/mol. The van der Waals surface area contributed by atoms with Gasteiger partial charge in [-0.15, -0.1) is 0 Å². The van der Waals surface area contributed by atoms with E-state index in [0.29, 0.717) is 12.5 Å². The Bertz CT molecular complexity index is 148. The average molecular weight is 200 g/mol. The lowest BCUT2D eigenvalue weighted by Gasteiger charge is -2.12. The highest BCUT2D eigenvalue weighted by Crippen LogP contribution is 2.10. The van der Waals surface area contributed by atoms with Gasteiger partial charge in [0.05, 0.1) is 12.5 Å². The third-order valence-corrected chi connectivity index (χ3v) is 2.49. The van der Waals surface area contributed by atoms with Crippen molar-refractivity contribution in [2.24, 2.45) is 11.8 Å². The quantitative estimate of drug-likeness (QED) is 0.465. The van der Waals surface area contributed by atoms with Gasteiger partial charge in [-0.2, -0.15) is 0 Å². The van der Waals surface area contributed by atoms with Gasteiger partial charge >= 0.3 is 5.97 Å². The number of hydrogen-bond donors (Lipinski definition) is 0. The van der Waals surface area contributed by atoms with Gasteiger partial charge in [-0.3, -0.25) is 4.79 Å². The van der Waals surface area contributed by atoms with E-state index in [1.165, 1.54) is 0 Å². The highest BCUT2D eigenvalue weighted by atomic mass is 16.5. The van der Waals surface area contributed by atoms with Crippen molar-refractivity contribution in [2.75, 3.05) is 6.61 Å². The van der Waals surface area contributed by atoms with Crippen molar-refractivity contribution in [3.8, 4) is 0 Å². The topological polar surface area (TPSA) is 26.3 Å². The van der Waals surface area contributed by atoms with E-state index in [1.807, 2.05) is 13.8 Å². The van der Waals surface area contributed by atoms with Crippen molar-refractivity contribution in [2.45, 2.75) is 53.4 Å². The van der Waals surface area contributed by atoms with Gasteiger partial charge in [0.25, 0.3) is 0 Å². The van der Waals surface area contributed by atoms with Crippen LogP contribution in [0.1, 0.15) is 53.4 Å².